The lowest BCUT2D eigenvalue weighted by molar-refractivity contribution is -0.120. The highest BCUT2D eigenvalue weighted by molar-refractivity contribution is 5.96. The number of amides is 1. The summed E-state index contributed by atoms with van der Waals surface area (Å²) in [5.41, 5.74) is 2.06. The predicted octanol–water partition coefficient (Wildman–Crippen LogP) is -0.177. The summed E-state index contributed by atoms with van der Waals surface area (Å²) in [6.07, 6.45) is 0.842. The summed E-state index contributed by atoms with van der Waals surface area (Å²) in [5, 5.41) is 0. The van der Waals surface area contributed by atoms with Crippen molar-refractivity contribution in [3.8, 4) is 5.75 Å². The van der Waals surface area contributed by atoms with E-state index in [0.717, 1.165) is 0 Å². The number of nitrogens with zero attached hydrogens (tertiary/aromatic N) is 2. The molecule has 0 aliphatic carbocycles. The number of ether oxygens (including phenoxy) is 3. The van der Waals surface area contributed by atoms with Crippen LogP contribution in [0.25, 0.3) is 0 Å². The maximum atomic E-state index is 12.9. The first-order valence-corrected chi connectivity index (χ1v) is 8.41. The molecular weight excluding hydrogens is 342 g/mol. The highest BCUT2D eigenvalue weighted by Gasteiger charge is 2.39. The van der Waals surface area contributed by atoms with E-state index in [1.807, 2.05) is 0 Å². The molecular formula is C17H23N3O6. The maximum absolute atomic E-state index is 12.9. The summed E-state index contributed by atoms with van der Waals surface area (Å²) in [4.78, 5) is 38.6. The van der Waals surface area contributed by atoms with Gasteiger partial charge in [0.15, 0.2) is 23.8 Å². The largest absolute Gasteiger partial charge is 0.476 e. The standard InChI is InChI=1S/C17H23N3O6/c1-17(2,10-24-3)12(8-21)26-15-11(22)4-5-20-14(15)16(23)19-6-7-25-9-13(19)18-20/h4-5,8,12-13,18H,6-7,9-10H2,1-3H3/t12-,13?/m0/s1. The first kappa shape index (κ1) is 18.4. The highest BCUT2D eigenvalue weighted by atomic mass is 16.5. The third-order valence-electron chi connectivity index (χ3n) is 4.59. The number of pyridine rings is 1. The van der Waals surface area contributed by atoms with Gasteiger partial charge in [-0.1, -0.05) is 13.8 Å². The minimum absolute atomic E-state index is 0.0794. The van der Waals surface area contributed by atoms with Crippen LogP contribution in [-0.4, -0.2) is 67.5 Å². The fraction of sp³-hybridized carbons (Fsp3) is 0.588. The topological polar surface area (TPSA) is 99.1 Å². The molecule has 9 heteroatoms. The Labute approximate surface area is 150 Å². The molecule has 9 nitrogen and oxygen atoms in total. The number of hydrogen-bond acceptors (Lipinski definition) is 7. The molecule has 0 bridgehead atoms. The number of aromatic nitrogens is 1. The minimum atomic E-state index is -0.947. The second-order valence-corrected chi connectivity index (χ2v) is 7.04. The van der Waals surface area contributed by atoms with E-state index in [0.29, 0.717) is 26.0 Å². The van der Waals surface area contributed by atoms with Crippen molar-refractivity contribution in [2.45, 2.75) is 26.1 Å². The summed E-state index contributed by atoms with van der Waals surface area (Å²) in [5.74, 6) is -0.477. The molecule has 3 rings (SSSR count). The smallest absolute Gasteiger partial charge is 0.278 e. The van der Waals surface area contributed by atoms with Crippen LogP contribution in [0.2, 0.25) is 0 Å². The lowest BCUT2D eigenvalue weighted by Gasteiger charge is -2.41. The van der Waals surface area contributed by atoms with Crippen LogP contribution >= 0.6 is 0 Å². The molecule has 1 aromatic rings. The third kappa shape index (κ3) is 3.19. The summed E-state index contributed by atoms with van der Waals surface area (Å²) in [6, 6.07) is 1.30. The minimum Gasteiger partial charge on any atom is -0.476 e. The van der Waals surface area contributed by atoms with Gasteiger partial charge in [0, 0.05) is 31.3 Å². The van der Waals surface area contributed by atoms with Crippen molar-refractivity contribution in [2.24, 2.45) is 5.41 Å². The Bertz CT molecular complexity index is 759. The first-order valence-electron chi connectivity index (χ1n) is 8.41. The fourth-order valence-corrected chi connectivity index (χ4v) is 3.14. The number of aldehydes is 1. The van der Waals surface area contributed by atoms with Gasteiger partial charge in [-0.2, -0.15) is 0 Å². The van der Waals surface area contributed by atoms with E-state index >= 15 is 0 Å². The van der Waals surface area contributed by atoms with E-state index in [4.69, 9.17) is 14.2 Å². The van der Waals surface area contributed by atoms with Crippen molar-refractivity contribution < 1.29 is 23.8 Å². The molecule has 1 unspecified atom stereocenters. The van der Waals surface area contributed by atoms with Gasteiger partial charge in [0.2, 0.25) is 5.43 Å². The maximum Gasteiger partial charge on any atom is 0.278 e. The zero-order chi connectivity index (χ0) is 18.9. The number of methoxy groups -OCH3 is 1. The van der Waals surface area contributed by atoms with E-state index < -0.39 is 16.9 Å². The van der Waals surface area contributed by atoms with Crippen molar-refractivity contribution in [1.82, 2.24) is 9.58 Å². The number of rotatable bonds is 6. The van der Waals surface area contributed by atoms with Gasteiger partial charge in [0.05, 0.1) is 19.8 Å². The van der Waals surface area contributed by atoms with Gasteiger partial charge < -0.3 is 24.5 Å². The summed E-state index contributed by atoms with van der Waals surface area (Å²) < 4.78 is 17.7. The van der Waals surface area contributed by atoms with Gasteiger partial charge in [-0.05, 0) is 0 Å². The molecule has 1 N–H and O–H groups in total. The Morgan fingerprint density at radius 1 is 1.46 bits per heavy atom. The molecule has 0 radical (unpaired) electrons. The third-order valence-corrected chi connectivity index (χ3v) is 4.59. The number of carbonyl (C=O) groups is 2. The van der Waals surface area contributed by atoms with Gasteiger partial charge in [0.25, 0.3) is 5.91 Å². The molecule has 26 heavy (non-hydrogen) atoms. The molecule has 1 fully saturated rings. The molecule has 3 heterocycles. The van der Waals surface area contributed by atoms with Gasteiger partial charge in [0.1, 0.15) is 6.17 Å². The lowest BCUT2D eigenvalue weighted by atomic mass is 9.88. The zero-order valence-corrected chi connectivity index (χ0v) is 15.1. The molecule has 2 aliphatic heterocycles. The molecule has 2 aliphatic rings. The Hall–Kier alpha value is -2.39. The molecule has 142 valence electrons. The van der Waals surface area contributed by atoms with E-state index in [1.165, 1.54) is 24.0 Å². The predicted molar refractivity (Wildman–Crippen MR) is 91.8 cm³/mol. The summed E-state index contributed by atoms with van der Waals surface area (Å²) in [6.45, 7) is 5.03. The first-order chi connectivity index (χ1) is 12.4. The number of nitrogens with one attached hydrogen (secondary N) is 1. The normalized spacial score (nSPS) is 20.7. The van der Waals surface area contributed by atoms with Gasteiger partial charge in [-0.15, -0.1) is 0 Å². The average molecular weight is 365 g/mol. The Kier molecular flexibility index (Phi) is 5.01. The second-order valence-electron chi connectivity index (χ2n) is 7.04. The number of fused-ring (bicyclic) bond motifs is 2. The summed E-state index contributed by atoms with van der Waals surface area (Å²) >= 11 is 0. The van der Waals surface area contributed by atoms with Crippen molar-refractivity contribution in [2.75, 3.05) is 38.9 Å². The van der Waals surface area contributed by atoms with Crippen LogP contribution in [-0.2, 0) is 14.3 Å². The van der Waals surface area contributed by atoms with Crippen LogP contribution in [0.15, 0.2) is 17.1 Å². The second kappa shape index (κ2) is 7.08. The lowest BCUT2D eigenvalue weighted by Crippen LogP contribution is -2.59. The number of hydrogen-bond donors (Lipinski definition) is 1. The fourth-order valence-electron chi connectivity index (χ4n) is 3.14. The molecule has 1 saturated heterocycles. The van der Waals surface area contributed by atoms with E-state index in [-0.39, 0.29) is 30.1 Å². The average Bonchev–Trinajstić information content (AvgIpc) is 2.61. The number of carbonyl (C=O) groups excluding carboxylic acids is 2. The van der Waals surface area contributed by atoms with Crippen LogP contribution < -0.4 is 15.6 Å². The van der Waals surface area contributed by atoms with Crippen LogP contribution in [0.5, 0.6) is 5.75 Å². The van der Waals surface area contributed by atoms with Crippen LogP contribution in [0.1, 0.15) is 24.3 Å². The van der Waals surface area contributed by atoms with Crippen LogP contribution in [0.3, 0.4) is 0 Å². The Morgan fingerprint density at radius 2 is 2.23 bits per heavy atom. The van der Waals surface area contributed by atoms with Gasteiger partial charge >= 0.3 is 0 Å². The van der Waals surface area contributed by atoms with E-state index in [2.05, 4.69) is 5.43 Å². The quantitative estimate of drug-likeness (QED) is 0.698. The molecule has 0 aromatic carbocycles. The molecule has 2 atom stereocenters. The zero-order valence-electron chi connectivity index (χ0n) is 15.1. The van der Waals surface area contributed by atoms with Crippen molar-refractivity contribution in [3.63, 3.8) is 0 Å². The molecule has 1 amide bonds. The van der Waals surface area contributed by atoms with Crippen LogP contribution in [0, 0.1) is 5.41 Å². The Morgan fingerprint density at radius 3 is 2.92 bits per heavy atom. The van der Waals surface area contributed by atoms with Crippen molar-refractivity contribution in [1.29, 1.82) is 0 Å². The highest BCUT2D eigenvalue weighted by Crippen LogP contribution is 2.27. The SMILES string of the molecule is COCC(C)(C)[C@H](C=O)Oc1c2n(ccc1=O)NC1COCCN1C2=O. The van der Waals surface area contributed by atoms with Gasteiger partial charge in [-0.3, -0.25) is 19.1 Å². The molecule has 1 aromatic heterocycles. The molecule has 0 spiro atoms. The monoisotopic (exact) mass is 365 g/mol. The van der Waals surface area contributed by atoms with Crippen molar-refractivity contribution in [3.05, 3.63) is 28.2 Å². The molecule has 0 saturated carbocycles. The Balaban J connectivity index is 2.00. The van der Waals surface area contributed by atoms with Gasteiger partial charge in [-0.25, -0.2) is 0 Å². The summed E-state index contributed by atoms with van der Waals surface area (Å²) in [7, 11) is 1.52. The number of morpholine rings is 1. The van der Waals surface area contributed by atoms with E-state index in [9.17, 15) is 14.4 Å². The van der Waals surface area contributed by atoms with E-state index in [1.54, 1.807) is 18.7 Å². The van der Waals surface area contributed by atoms with Crippen molar-refractivity contribution >= 4 is 12.2 Å². The van der Waals surface area contributed by atoms with Crippen LogP contribution in [0.4, 0.5) is 0 Å².